The summed E-state index contributed by atoms with van der Waals surface area (Å²) in [6.07, 6.45) is 0. The van der Waals surface area contributed by atoms with Crippen LogP contribution < -0.4 is 4.90 Å². The first-order chi connectivity index (χ1) is 25.8. The third kappa shape index (κ3) is 5.24. The van der Waals surface area contributed by atoms with Crippen LogP contribution in [-0.4, -0.2) is 0 Å². The lowest BCUT2D eigenvalue weighted by molar-refractivity contribution is 1.30. The van der Waals surface area contributed by atoms with Crippen LogP contribution in [0.3, 0.4) is 0 Å². The van der Waals surface area contributed by atoms with Gasteiger partial charge in [-0.25, -0.2) is 0 Å². The molecule has 0 spiro atoms. The number of hydrogen-bond donors (Lipinski definition) is 0. The fourth-order valence-electron chi connectivity index (χ4n) is 7.74. The smallest absolute Gasteiger partial charge is 0.0555 e. The molecule has 0 N–H and O–H groups in total. The summed E-state index contributed by atoms with van der Waals surface area (Å²) in [5.74, 6) is 0. The van der Waals surface area contributed by atoms with Gasteiger partial charge in [-0.1, -0.05) is 158 Å². The molecule has 10 aromatic rings. The second kappa shape index (κ2) is 12.7. The fourth-order valence-corrected chi connectivity index (χ4v) is 8.87. The van der Waals surface area contributed by atoms with Gasteiger partial charge >= 0.3 is 0 Å². The number of anilines is 3. The Labute approximate surface area is 307 Å². The van der Waals surface area contributed by atoms with E-state index in [4.69, 9.17) is 0 Å². The van der Waals surface area contributed by atoms with E-state index >= 15 is 0 Å². The SMILES string of the molecule is c1ccc(-c2ccc(-c3ccc4ccccc4c3)cc2N(c2ccc(-c3cccc4ccccc34)cc2)c2cccc3sc4ccccc4c23)cc1. The van der Waals surface area contributed by atoms with Gasteiger partial charge in [0.05, 0.1) is 11.4 Å². The van der Waals surface area contributed by atoms with Crippen LogP contribution in [0.5, 0.6) is 0 Å². The lowest BCUT2D eigenvalue weighted by Crippen LogP contribution is -2.12. The van der Waals surface area contributed by atoms with Crippen molar-refractivity contribution in [3.05, 3.63) is 200 Å². The minimum Gasteiger partial charge on any atom is -0.309 e. The maximum atomic E-state index is 2.49. The van der Waals surface area contributed by atoms with Crippen molar-refractivity contribution in [2.24, 2.45) is 0 Å². The molecular weight excluding hydrogens is 647 g/mol. The monoisotopic (exact) mass is 679 g/mol. The molecule has 0 radical (unpaired) electrons. The maximum Gasteiger partial charge on any atom is 0.0555 e. The zero-order valence-corrected chi connectivity index (χ0v) is 29.2. The lowest BCUT2D eigenvalue weighted by Gasteiger charge is -2.29. The zero-order chi connectivity index (χ0) is 34.4. The molecule has 10 rings (SSSR count). The minimum atomic E-state index is 1.11. The van der Waals surface area contributed by atoms with Crippen LogP contribution in [-0.2, 0) is 0 Å². The summed E-state index contributed by atoms with van der Waals surface area (Å²) >= 11 is 1.86. The average Bonchev–Trinajstić information content (AvgIpc) is 3.61. The van der Waals surface area contributed by atoms with Gasteiger partial charge in [-0.15, -0.1) is 11.3 Å². The Hall–Kier alpha value is -6.48. The Kier molecular flexibility index (Phi) is 7.41. The van der Waals surface area contributed by atoms with Gasteiger partial charge in [0, 0.05) is 31.4 Å². The number of fused-ring (bicyclic) bond motifs is 5. The lowest BCUT2D eigenvalue weighted by atomic mass is 9.95. The molecule has 0 saturated carbocycles. The van der Waals surface area contributed by atoms with Gasteiger partial charge in [0.15, 0.2) is 0 Å². The first-order valence-electron chi connectivity index (χ1n) is 17.8. The highest BCUT2D eigenvalue weighted by Gasteiger charge is 2.22. The minimum absolute atomic E-state index is 1.11. The summed E-state index contributed by atoms with van der Waals surface area (Å²) in [6, 6.07) is 73.1. The van der Waals surface area contributed by atoms with Crippen molar-refractivity contribution < 1.29 is 0 Å². The number of benzene rings is 9. The topological polar surface area (TPSA) is 3.24 Å². The van der Waals surface area contributed by atoms with Crippen molar-refractivity contribution >= 4 is 70.1 Å². The summed E-state index contributed by atoms with van der Waals surface area (Å²) in [5.41, 5.74) is 10.6. The van der Waals surface area contributed by atoms with Crippen LogP contribution in [0.2, 0.25) is 0 Å². The summed E-state index contributed by atoms with van der Waals surface area (Å²) in [4.78, 5) is 2.49. The van der Waals surface area contributed by atoms with E-state index in [1.807, 2.05) is 11.3 Å². The van der Waals surface area contributed by atoms with Gasteiger partial charge < -0.3 is 4.90 Å². The summed E-state index contributed by atoms with van der Waals surface area (Å²) in [5, 5.41) is 7.55. The Morgan fingerprint density at radius 2 is 0.942 bits per heavy atom. The Balaban J connectivity index is 1.23. The average molecular weight is 680 g/mol. The standard InChI is InChI=1S/C50H33NS/c1-2-13-36(14-3-1)44-31-28-40(39-25-24-34-12-4-5-16-38(34)32-39)33-47(44)51(46-21-11-23-49-50(46)45-19-8-9-22-48(45)52-49)41-29-26-37(27-30-41)43-20-10-17-35-15-6-7-18-42(35)43/h1-33H. The molecule has 0 unspecified atom stereocenters. The largest absolute Gasteiger partial charge is 0.309 e. The molecule has 1 heterocycles. The molecule has 9 aromatic carbocycles. The van der Waals surface area contributed by atoms with Gasteiger partial charge in [0.25, 0.3) is 0 Å². The van der Waals surface area contributed by atoms with E-state index in [-0.39, 0.29) is 0 Å². The predicted octanol–water partition coefficient (Wildman–Crippen LogP) is 14.8. The second-order valence-electron chi connectivity index (χ2n) is 13.3. The highest BCUT2D eigenvalue weighted by Crippen LogP contribution is 2.48. The van der Waals surface area contributed by atoms with Gasteiger partial charge in [0.2, 0.25) is 0 Å². The van der Waals surface area contributed by atoms with Gasteiger partial charge in [-0.2, -0.15) is 0 Å². The van der Waals surface area contributed by atoms with Crippen LogP contribution in [0.1, 0.15) is 0 Å². The Bertz CT molecular complexity index is 2900. The highest BCUT2D eigenvalue weighted by atomic mass is 32.1. The molecule has 1 nitrogen and oxygen atoms in total. The summed E-state index contributed by atoms with van der Waals surface area (Å²) < 4.78 is 2.58. The van der Waals surface area contributed by atoms with Crippen molar-refractivity contribution in [2.75, 3.05) is 4.90 Å². The Morgan fingerprint density at radius 1 is 0.327 bits per heavy atom. The molecule has 0 atom stereocenters. The van der Waals surface area contributed by atoms with E-state index in [9.17, 15) is 0 Å². The zero-order valence-electron chi connectivity index (χ0n) is 28.4. The van der Waals surface area contributed by atoms with E-state index in [2.05, 4.69) is 205 Å². The molecule has 2 heteroatoms. The Morgan fingerprint density at radius 3 is 1.81 bits per heavy atom. The third-order valence-electron chi connectivity index (χ3n) is 10.3. The highest BCUT2D eigenvalue weighted by molar-refractivity contribution is 7.26. The van der Waals surface area contributed by atoms with E-state index in [1.54, 1.807) is 0 Å². The molecule has 0 aliphatic rings. The fraction of sp³-hybridized carbons (Fsp3) is 0. The van der Waals surface area contributed by atoms with Crippen molar-refractivity contribution in [1.29, 1.82) is 0 Å². The van der Waals surface area contributed by atoms with Crippen LogP contribution in [0.15, 0.2) is 200 Å². The molecule has 244 valence electrons. The first-order valence-corrected chi connectivity index (χ1v) is 18.6. The van der Waals surface area contributed by atoms with Crippen LogP contribution in [0, 0.1) is 0 Å². The molecular formula is C50H33NS. The molecule has 52 heavy (non-hydrogen) atoms. The summed E-state index contributed by atoms with van der Waals surface area (Å²) in [7, 11) is 0. The van der Waals surface area contributed by atoms with Gasteiger partial charge in [-0.05, 0) is 91.8 Å². The van der Waals surface area contributed by atoms with Gasteiger partial charge in [-0.3, -0.25) is 0 Å². The molecule has 0 aliphatic carbocycles. The second-order valence-corrected chi connectivity index (χ2v) is 14.4. The molecule has 1 aromatic heterocycles. The molecule has 0 saturated heterocycles. The van der Waals surface area contributed by atoms with Gasteiger partial charge in [0.1, 0.15) is 0 Å². The van der Waals surface area contributed by atoms with Crippen LogP contribution in [0.4, 0.5) is 17.1 Å². The number of thiophene rings is 1. The van der Waals surface area contributed by atoms with Crippen molar-refractivity contribution in [2.45, 2.75) is 0 Å². The van der Waals surface area contributed by atoms with Crippen molar-refractivity contribution in [3.63, 3.8) is 0 Å². The first kappa shape index (κ1) is 30.4. The van der Waals surface area contributed by atoms with E-state index in [1.165, 1.54) is 80.8 Å². The number of hydrogen-bond acceptors (Lipinski definition) is 2. The van der Waals surface area contributed by atoms with E-state index in [0.29, 0.717) is 0 Å². The van der Waals surface area contributed by atoms with Crippen molar-refractivity contribution in [3.8, 4) is 33.4 Å². The molecule has 0 aliphatic heterocycles. The maximum absolute atomic E-state index is 2.49. The quantitative estimate of drug-likeness (QED) is 0.169. The summed E-state index contributed by atoms with van der Waals surface area (Å²) in [6.45, 7) is 0. The van der Waals surface area contributed by atoms with Crippen LogP contribution >= 0.6 is 11.3 Å². The molecule has 0 amide bonds. The van der Waals surface area contributed by atoms with E-state index in [0.717, 1.165) is 11.4 Å². The predicted molar refractivity (Wildman–Crippen MR) is 225 cm³/mol. The van der Waals surface area contributed by atoms with E-state index < -0.39 is 0 Å². The number of rotatable bonds is 6. The van der Waals surface area contributed by atoms with Crippen LogP contribution in [0.25, 0.3) is 75.1 Å². The third-order valence-corrected chi connectivity index (χ3v) is 11.4. The number of nitrogens with zero attached hydrogens (tertiary/aromatic N) is 1. The molecule has 0 fully saturated rings. The van der Waals surface area contributed by atoms with Crippen molar-refractivity contribution in [1.82, 2.24) is 0 Å². The molecule has 0 bridgehead atoms. The normalized spacial score (nSPS) is 11.5.